The molecule has 1 atom stereocenters. The summed E-state index contributed by atoms with van der Waals surface area (Å²) >= 11 is 7.38. The number of hydrogen-bond donors (Lipinski definition) is 2. The summed E-state index contributed by atoms with van der Waals surface area (Å²) in [5.41, 5.74) is 0.867. The van der Waals surface area contributed by atoms with Crippen molar-refractivity contribution >= 4 is 39.0 Å². The molecule has 1 unspecified atom stereocenters. The fraction of sp³-hybridized carbons (Fsp3) is 0.389. The minimum Gasteiger partial charge on any atom is -0.331 e. The number of halogens is 1. The van der Waals surface area contributed by atoms with E-state index in [1.807, 2.05) is 25.1 Å². The van der Waals surface area contributed by atoms with Gasteiger partial charge in [-0.05, 0) is 42.8 Å². The molecule has 9 heteroatoms. The molecule has 0 aliphatic carbocycles. The van der Waals surface area contributed by atoms with Crippen molar-refractivity contribution in [1.82, 2.24) is 14.9 Å². The van der Waals surface area contributed by atoms with Crippen LogP contribution in [0.3, 0.4) is 0 Å². The number of carbonyl (C=O) groups is 1. The van der Waals surface area contributed by atoms with Crippen molar-refractivity contribution in [1.29, 1.82) is 0 Å². The minimum absolute atomic E-state index is 0.165. The lowest BCUT2D eigenvalue weighted by molar-refractivity contribution is 0.177. The van der Waals surface area contributed by atoms with Crippen LogP contribution in [-0.4, -0.2) is 38.5 Å². The molecule has 27 heavy (non-hydrogen) atoms. The number of sulfonamides is 1. The first kappa shape index (κ1) is 20.1. The van der Waals surface area contributed by atoms with Crippen molar-refractivity contribution in [2.75, 3.05) is 13.1 Å². The summed E-state index contributed by atoms with van der Waals surface area (Å²) in [6.07, 6.45) is 1.16. The van der Waals surface area contributed by atoms with E-state index in [1.165, 1.54) is 11.3 Å². The monoisotopic (exact) mass is 427 g/mol. The number of nitrogens with zero attached hydrogens (tertiary/aromatic N) is 1. The smallest absolute Gasteiger partial charge is 0.317 e. The Hall–Kier alpha value is -1.61. The van der Waals surface area contributed by atoms with E-state index < -0.39 is 10.0 Å². The first-order valence-electron chi connectivity index (χ1n) is 8.72. The number of rotatable bonds is 5. The average Bonchev–Trinajstić information content (AvgIpc) is 3.18. The molecule has 2 aromatic rings. The molecule has 3 rings (SSSR count). The van der Waals surface area contributed by atoms with Gasteiger partial charge in [-0.2, -0.15) is 0 Å². The lowest BCUT2D eigenvalue weighted by atomic mass is 10.1. The topological polar surface area (TPSA) is 78.5 Å². The number of nitrogens with one attached hydrogen (secondary N) is 2. The maximum Gasteiger partial charge on any atom is 0.317 e. The standard InChI is InChI=1S/C18H22ClN3O3S2/c1-13(15-5-2-3-6-16(15)19)20-18(23)22-10-8-14(9-11-22)21-27(24,25)17-7-4-12-26-17/h2-7,12-14,21H,8-11H2,1H3,(H,20,23). The van der Waals surface area contributed by atoms with Crippen LogP contribution in [0, 0.1) is 0 Å². The van der Waals surface area contributed by atoms with Crippen molar-refractivity contribution in [3.63, 3.8) is 0 Å². The first-order chi connectivity index (χ1) is 12.9. The van der Waals surface area contributed by atoms with Gasteiger partial charge < -0.3 is 10.2 Å². The number of likely N-dealkylation sites (tertiary alicyclic amines) is 1. The molecule has 2 heterocycles. The Kier molecular flexibility index (Phi) is 6.41. The second-order valence-electron chi connectivity index (χ2n) is 6.51. The quantitative estimate of drug-likeness (QED) is 0.764. The van der Waals surface area contributed by atoms with Crippen molar-refractivity contribution in [3.8, 4) is 0 Å². The van der Waals surface area contributed by atoms with E-state index in [1.54, 1.807) is 28.5 Å². The Morgan fingerprint density at radius 2 is 1.93 bits per heavy atom. The lowest BCUT2D eigenvalue weighted by Crippen LogP contribution is -2.49. The van der Waals surface area contributed by atoms with E-state index in [9.17, 15) is 13.2 Å². The highest BCUT2D eigenvalue weighted by Gasteiger charge is 2.27. The fourth-order valence-corrected chi connectivity index (χ4v) is 5.69. The third kappa shape index (κ3) is 5.01. The molecule has 1 aliphatic heterocycles. The Balaban J connectivity index is 1.51. The zero-order chi connectivity index (χ0) is 19.4. The van der Waals surface area contributed by atoms with Gasteiger partial charge >= 0.3 is 6.03 Å². The van der Waals surface area contributed by atoms with E-state index in [0.29, 0.717) is 35.2 Å². The number of amides is 2. The van der Waals surface area contributed by atoms with Gasteiger partial charge in [0.1, 0.15) is 4.21 Å². The minimum atomic E-state index is -3.48. The second kappa shape index (κ2) is 8.60. The molecular weight excluding hydrogens is 406 g/mol. The van der Waals surface area contributed by atoms with Crippen LogP contribution in [0.15, 0.2) is 46.0 Å². The predicted molar refractivity (Wildman–Crippen MR) is 108 cm³/mol. The number of thiophene rings is 1. The highest BCUT2D eigenvalue weighted by atomic mass is 35.5. The van der Waals surface area contributed by atoms with Gasteiger partial charge in [0.15, 0.2) is 0 Å². The zero-order valence-corrected chi connectivity index (χ0v) is 17.3. The van der Waals surface area contributed by atoms with E-state index in [-0.39, 0.29) is 18.1 Å². The summed E-state index contributed by atoms with van der Waals surface area (Å²) in [5, 5.41) is 5.31. The molecule has 6 nitrogen and oxygen atoms in total. The number of benzene rings is 1. The highest BCUT2D eigenvalue weighted by Crippen LogP contribution is 2.23. The molecule has 1 aromatic heterocycles. The second-order valence-corrected chi connectivity index (χ2v) is 9.80. The normalized spacial score (nSPS) is 16.9. The predicted octanol–water partition coefficient (Wildman–Crippen LogP) is 3.62. The first-order valence-corrected chi connectivity index (χ1v) is 11.5. The van der Waals surface area contributed by atoms with Crippen LogP contribution in [0.4, 0.5) is 4.79 Å². The molecular formula is C18H22ClN3O3S2. The Morgan fingerprint density at radius 1 is 1.22 bits per heavy atom. The summed E-state index contributed by atoms with van der Waals surface area (Å²) in [6, 6.07) is 10.2. The van der Waals surface area contributed by atoms with Gasteiger partial charge in [-0.1, -0.05) is 35.9 Å². The van der Waals surface area contributed by atoms with Crippen molar-refractivity contribution in [2.24, 2.45) is 0 Å². The highest BCUT2D eigenvalue weighted by molar-refractivity contribution is 7.91. The van der Waals surface area contributed by atoms with Crippen LogP contribution in [0.2, 0.25) is 5.02 Å². The van der Waals surface area contributed by atoms with Gasteiger partial charge in [-0.25, -0.2) is 17.9 Å². The van der Waals surface area contributed by atoms with Gasteiger partial charge in [0.25, 0.3) is 0 Å². The molecule has 0 spiro atoms. The largest absolute Gasteiger partial charge is 0.331 e. The van der Waals surface area contributed by atoms with Crippen LogP contribution in [-0.2, 0) is 10.0 Å². The van der Waals surface area contributed by atoms with Gasteiger partial charge in [-0.15, -0.1) is 11.3 Å². The van der Waals surface area contributed by atoms with E-state index in [4.69, 9.17) is 11.6 Å². The molecule has 0 bridgehead atoms. The Bertz CT molecular complexity index is 879. The third-order valence-electron chi connectivity index (χ3n) is 4.58. The number of hydrogen-bond acceptors (Lipinski definition) is 4. The van der Waals surface area contributed by atoms with Crippen molar-refractivity contribution in [2.45, 2.75) is 36.1 Å². The van der Waals surface area contributed by atoms with Gasteiger partial charge in [-0.3, -0.25) is 0 Å². The molecule has 0 radical (unpaired) electrons. The van der Waals surface area contributed by atoms with Crippen LogP contribution >= 0.6 is 22.9 Å². The van der Waals surface area contributed by atoms with Gasteiger partial charge in [0.05, 0.1) is 6.04 Å². The summed E-state index contributed by atoms with van der Waals surface area (Å²) in [6.45, 7) is 2.89. The SMILES string of the molecule is CC(NC(=O)N1CCC(NS(=O)(=O)c2cccs2)CC1)c1ccccc1Cl. The van der Waals surface area contributed by atoms with Gasteiger partial charge in [0, 0.05) is 24.2 Å². The zero-order valence-electron chi connectivity index (χ0n) is 14.9. The molecule has 146 valence electrons. The molecule has 1 aliphatic rings. The molecule has 1 fully saturated rings. The Morgan fingerprint density at radius 3 is 2.56 bits per heavy atom. The number of carbonyl (C=O) groups excluding carboxylic acids is 1. The average molecular weight is 428 g/mol. The summed E-state index contributed by atoms with van der Waals surface area (Å²) in [5.74, 6) is 0. The Labute approximate surface area is 168 Å². The van der Waals surface area contributed by atoms with Crippen molar-refractivity contribution in [3.05, 3.63) is 52.4 Å². The number of urea groups is 1. The summed E-state index contributed by atoms with van der Waals surface area (Å²) in [7, 11) is -3.48. The number of piperidine rings is 1. The van der Waals surface area contributed by atoms with Crippen LogP contribution in [0.1, 0.15) is 31.4 Å². The summed E-state index contributed by atoms with van der Waals surface area (Å²) < 4.78 is 27.7. The maximum atomic E-state index is 12.5. The van der Waals surface area contributed by atoms with Crippen LogP contribution in [0.25, 0.3) is 0 Å². The fourth-order valence-electron chi connectivity index (χ4n) is 3.07. The third-order valence-corrected chi connectivity index (χ3v) is 7.84. The molecule has 1 saturated heterocycles. The lowest BCUT2D eigenvalue weighted by Gasteiger charge is -2.33. The maximum absolute atomic E-state index is 12.5. The molecule has 2 amide bonds. The van der Waals surface area contributed by atoms with Crippen molar-refractivity contribution < 1.29 is 13.2 Å². The van der Waals surface area contributed by atoms with Gasteiger partial charge in [0.2, 0.25) is 10.0 Å². The molecule has 0 saturated carbocycles. The van der Waals surface area contributed by atoms with Crippen LogP contribution in [0.5, 0.6) is 0 Å². The molecule has 1 aromatic carbocycles. The van der Waals surface area contributed by atoms with Crippen LogP contribution < -0.4 is 10.0 Å². The molecule has 2 N–H and O–H groups in total. The van der Waals surface area contributed by atoms with E-state index in [0.717, 1.165) is 5.56 Å². The van der Waals surface area contributed by atoms with E-state index >= 15 is 0 Å². The van der Waals surface area contributed by atoms with E-state index in [2.05, 4.69) is 10.0 Å². The summed E-state index contributed by atoms with van der Waals surface area (Å²) in [4.78, 5) is 14.2.